The zero-order valence-electron chi connectivity index (χ0n) is 19.2. The summed E-state index contributed by atoms with van der Waals surface area (Å²) in [7, 11) is 1.56. The number of nitrogens with zero attached hydrogens (tertiary/aromatic N) is 1. The van der Waals surface area contributed by atoms with Crippen LogP contribution in [0.3, 0.4) is 0 Å². The highest BCUT2D eigenvalue weighted by atomic mass is 16.5. The lowest BCUT2D eigenvalue weighted by Gasteiger charge is -2.26. The van der Waals surface area contributed by atoms with Crippen LogP contribution in [0.1, 0.15) is 43.5 Å². The summed E-state index contributed by atoms with van der Waals surface area (Å²) >= 11 is 0. The highest BCUT2D eigenvalue weighted by Gasteiger charge is 2.46. The molecular formula is C28H27NO4. The molecule has 168 valence electrons. The molecule has 1 saturated heterocycles. The minimum atomic E-state index is -0.742. The molecule has 0 saturated carbocycles. The van der Waals surface area contributed by atoms with Gasteiger partial charge in [0, 0.05) is 11.3 Å². The van der Waals surface area contributed by atoms with Crippen molar-refractivity contribution in [2.45, 2.75) is 32.2 Å². The van der Waals surface area contributed by atoms with Crippen LogP contribution in [-0.2, 0) is 15.0 Å². The predicted molar refractivity (Wildman–Crippen MR) is 129 cm³/mol. The Bertz CT molecular complexity index is 1200. The molecule has 3 aromatic carbocycles. The van der Waals surface area contributed by atoms with Gasteiger partial charge in [0.1, 0.15) is 11.5 Å². The van der Waals surface area contributed by atoms with E-state index in [1.165, 1.54) is 4.90 Å². The summed E-state index contributed by atoms with van der Waals surface area (Å²) < 4.78 is 5.18. The minimum absolute atomic E-state index is 0.0418. The van der Waals surface area contributed by atoms with Gasteiger partial charge in [0.2, 0.25) is 0 Å². The number of Topliss-reactive ketones (excluding diaryl/α,β-unsaturated/α-hetero) is 1. The Hall–Kier alpha value is -3.86. The summed E-state index contributed by atoms with van der Waals surface area (Å²) in [6.07, 6.45) is 0. The highest BCUT2D eigenvalue weighted by molar-refractivity contribution is 6.51. The lowest BCUT2D eigenvalue weighted by Crippen LogP contribution is -2.29. The third-order valence-corrected chi connectivity index (χ3v) is 5.93. The highest BCUT2D eigenvalue weighted by Crippen LogP contribution is 2.42. The molecule has 1 atom stereocenters. The number of carbonyl (C=O) groups is 2. The van der Waals surface area contributed by atoms with Crippen molar-refractivity contribution in [2.75, 3.05) is 12.0 Å². The zero-order chi connectivity index (χ0) is 23.8. The van der Waals surface area contributed by atoms with Crippen LogP contribution in [0.15, 0.2) is 84.4 Å². The maximum absolute atomic E-state index is 13.2. The second-order valence-electron chi connectivity index (χ2n) is 9.11. The van der Waals surface area contributed by atoms with E-state index >= 15 is 0 Å². The Kier molecular flexibility index (Phi) is 5.81. The van der Waals surface area contributed by atoms with Crippen molar-refractivity contribution < 1.29 is 19.4 Å². The zero-order valence-corrected chi connectivity index (χ0v) is 19.2. The van der Waals surface area contributed by atoms with Crippen LogP contribution in [0, 0.1) is 0 Å². The molecule has 0 radical (unpaired) electrons. The first-order chi connectivity index (χ1) is 15.7. The third kappa shape index (κ3) is 4.14. The van der Waals surface area contributed by atoms with Crippen LogP contribution in [0.4, 0.5) is 5.69 Å². The number of amides is 1. The molecule has 0 aliphatic carbocycles. The average molecular weight is 442 g/mol. The molecule has 3 aromatic rings. The third-order valence-electron chi connectivity index (χ3n) is 5.93. The summed E-state index contributed by atoms with van der Waals surface area (Å²) in [6, 6.07) is 22.9. The van der Waals surface area contributed by atoms with Gasteiger partial charge in [0.15, 0.2) is 0 Å². The van der Waals surface area contributed by atoms with Gasteiger partial charge in [-0.05, 0) is 52.9 Å². The van der Waals surface area contributed by atoms with E-state index in [1.54, 1.807) is 31.4 Å². The van der Waals surface area contributed by atoms with Gasteiger partial charge in [-0.1, -0.05) is 63.2 Å². The fraction of sp³-hybridized carbons (Fsp3) is 0.214. The quantitative estimate of drug-likeness (QED) is 0.324. The number of hydrogen-bond acceptors (Lipinski definition) is 4. The molecule has 0 spiro atoms. The SMILES string of the molecule is COc1ccc(/C(O)=C2\C(=O)C(=O)N(c3ccc(C(C)(C)C)cc3)C2c2ccccc2)cc1. The van der Waals surface area contributed by atoms with Gasteiger partial charge in [-0.2, -0.15) is 0 Å². The molecule has 4 rings (SSSR count). The van der Waals surface area contributed by atoms with Crippen molar-refractivity contribution in [1.29, 1.82) is 0 Å². The molecule has 1 aliphatic rings. The Morgan fingerprint density at radius 1 is 0.879 bits per heavy atom. The van der Waals surface area contributed by atoms with Gasteiger partial charge in [-0.15, -0.1) is 0 Å². The summed E-state index contributed by atoms with van der Waals surface area (Å²) in [5, 5.41) is 11.2. The summed E-state index contributed by atoms with van der Waals surface area (Å²) in [4.78, 5) is 27.9. The molecule has 1 fully saturated rings. The number of ketones is 1. The van der Waals surface area contributed by atoms with E-state index in [-0.39, 0.29) is 16.7 Å². The van der Waals surface area contributed by atoms with E-state index in [9.17, 15) is 14.7 Å². The monoisotopic (exact) mass is 441 g/mol. The topological polar surface area (TPSA) is 66.8 Å². The second-order valence-corrected chi connectivity index (χ2v) is 9.11. The number of ether oxygens (including phenoxy) is 1. The Morgan fingerprint density at radius 2 is 1.48 bits per heavy atom. The van der Waals surface area contributed by atoms with Gasteiger partial charge in [-0.3, -0.25) is 14.5 Å². The molecule has 1 heterocycles. The van der Waals surface area contributed by atoms with Crippen molar-refractivity contribution in [3.63, 3.8) is 0 Å². The first-order valence-electron chi connectivity index (χ1n) is 10.8. The fourth-order valence-electron chi connectivity index (χ4n) is 4.08. The first-order valence-corrected chi connectivity index (χ1v) is 10.8. The molecule has 33 heavy (non-hydrogen) atoms. The fourth-order valence-corrected chi connectivity index (χ4v) is 4.08. The number of hydrogen-bond donors (Lipinski definition) is 1. The van der Waals surface area contributed by atoms with E-state index in [4.69, 9.17) is 4.74 Å². The van der Waals surface area contributed by atoms with E-state index in [2.05, 4.69) is 20.8 Å². The first kappa shape index (κ1) is 22.3. The van der Waals surface area contributed by atoms with Crippen molar-refractivity contribution in [3.05, 3.63) is 101 Å². The molecule has 0 aromatic heterocycles. The van der Waals surface area contributed by atoms with Crippen molar-refractivity contribution in [2.24, 2.45) is 0 Å². The number of anilines is 1. The number of rotatable bonds is 4. The summed E-state index contributed by atoms with van der Waals surface area (Å²) in [6.45, 7) is 6.35. The van der Waals surface area contributed by atoms with Gasteiger partial charge >= 0.3 is 0 Å². The van der Waals surface area contributed by atoms with Crippen LogP contribution in [-0.4, -0.2) is 23.9 Å². The number of methoxy groups -OCH3 is 1. The predicted octanol–water partition coefficient (Wildman–Crippen LogP) is 5.62. The van der Waals surface area contributed by atoms with Gasteiger partial charge in [-0.25, -0.2) is 0 Å². The smallest absolute Gasteiger partial charge is 0.300 e. The number of aliphatic hydroxyl groups excluding tert-OH is 1. The summed E-state index contributed by atoms with van der Waals surface area (Å²) in [5.74, 6) is -0.955. The molecular weight excluding hydrogens is 414 g/mol. The van der Waals surface area contributed by atoms with Crippen molar-refractivity contribution >= 4 is 23.1 Å². The summed E-state index contributed by atoms with van der Waals surface area (Å²) in [5.41, 5.74) is 2.94. The average Bonchev–Trinajstić information content (AvgIpc) is 3.09. The molecule has 5 heteroatoms. The second kappa shape index (κ2) is 8.58. The maximum atomic E-state index is 13.2. The van der Waals surface area contributed by atoms with Gasteiger partial charge < -0.3 is 9.84 Å². The lowest BCUT2D eigenvalue weighted by molar-refractivity contribution is -0.132. The molecule has 1 unspecified atom stereocenters. The normalized spacial score (nSPS) is 17.9. The van der Waals surface area contributed by atoms with Crippen molar-refractivity contribution in [3.8, 4) is 5.75 Å². The van der Waals surface area contributed by atoms with Crippen molar-refractivity contribution in [1.82, 2.24) is 0 Å². The maximum Gasteiger partial charge on any atom is 0.300 e. The number of aliphatic hydroxyl groups is 1. The largest absolute Gasteiger partial charge is 0.507 e. The molecule has 5 nitrogen and oxygen atoms in total. The van der Waals surface area contributed by atoms with Crippen LogP contribution in [0.2, 0.25) is 0 Å². The van der Waals surface area contributed by atoms with Crippen LogP contribution in [0.25, 0.3) is 5.76 Å². The Labute approximate surface area is 193 Å². The molecule has 1 amide bonds. The molecule has 1 N–H and O–H groups in total. The van der Waals surface area contributed by atoms with Crippen LogP contribution in [0.5, 0.6) is 5.75 Å². The molecule has 0 bridgehead atoms. The standard InChI is InChI=1S/C28H27NO4/c1-28(2,3)20-12-14-21(15-13-20)29-24(18-8-6-5-7-9-18)23(26(31)27(29)32)25(30)19-10-16-22(33-4)17-11-19/h5-17,24,30H,1-4H3/b25-23+. The van der Waals surface area contributed by atoms with E-state index in [1.807, 2.05) is 54.6 Å². The van der Waals surface area contributed by atoms with Gasteiger partial charge in [0.05, 0.1) is 18.7 Å². The van der Waals surface area contributed by atoms with Crippen LogP contribution >= 0.6 is 0 Å². The van der Waals surface area contributed by atoms with E-state index in [0.29, 0.717) is 17.0 Å². The number of benzene rings is 3. The molecule has 1 aliphatic heterocycles. The van der Waals surface area contributed by atoms with Crippen LogP contribution < -0.4 is 9.64 Å². The van der Waals surface area contributed by atoms with E-state index < -0.39 is 17.7 Å². The minimum Gasteiger partial charge on any atom is -0.507 e. The number of carbonyl (C=O) groups excluding carboxylic acids is 2. The Morgan fingerprint density at radius 3 is 2.03 bits per heavy atom. The Balaban J connectivity index is 1.87. The lowest BCUT2D eigenvalue weighted by atomic mass is 9.87. The van der Waals surface area contributed by atoms with E-state index in [0.717, 1.165) is 11.1 Å². The van der Waals surface area contributed by atoms with Gasteiger partial charge in [0.25, 0.3) is 11.7 Å².